The molecule has 2 aromatic rings. The first kappa shape index (κ1) is 12.7. The second kappa shape index (κ2) is 5.36. The average molecular weight is 271 g/mol. The fraction of sp³-hybridized carbons (Fsp3) is 0.333. The monoisotopic (exact) mass is 271 g/mol. The van der Waals surface area contributed by atoms with Gasteiger partial charge in [-0.1, -0.05) is 0 Å². The van der Waals surface area contributed by atoms with Crippen molar-refractivity contribution in [3.8, 4) is 11.5 Å². The van der Waals surface area contributed by atoms with E-state index in [1.54, 1.807) is 13.3 Å². The first-order valence-electron chi connectivity index (χ1n) is 6.60. The normalized spacial score (nSPS) is 14.2. The maximum Gasteiger partial charge on any atom is 0.225 e. The zero-order valence-corrected chi connectivity index (χ0v) is 11.7. The van der Waals surface area contributed by atoms with Gasteiger partial charge in [-0.2, -0.15) is 0 Å². The Labute approximate surface area is 118 Å². The predicted octanol–water partition coefficient (Wildman–Crippen LogP) is 2.19. The van der Waals surface area contributed by atoms with Gasteiger partial charge in [0, 0.05) is 30.1 Å². The number of aryl methyl sites for hydroxylation is 1. The maximum absolute atomic E-state index is 5.80. The number of hydrogen-bond donors (Lipinski definition) is 0. The Morgan fingerprint density at radius 2 is 2.20 bits per heavy atom. The topological polar surface area (TPSA) is 47.5 Å². The number of anilines is 1. The van der Waals surface area contributed by atoms with Crippen LogP contribution in [0.5, 0.6) is 11.5 Å². The van der Waals surface area contributed by atoms with E-state index in [1.165, 1.54) is 0 Å². The van der Waals surface area contributed by atoms with Crippen LogP contribution in [-0.4, -0.2) is 30.2 Å². The lowest BCUT2D eigenvalue weighted by atomic mass is 10.2. The minimum Gasteiger partial charge on any atom is -0.497 e. The smallest absolute Gasteiger partial charge is 0.225 e. The lowest BCUT2D eigenvalue weighted by molar-refractivity contribution is 0.328. The molecule has 1 aromatic carbocycles. The molecule has 0 saturated heterocycles. The summed E-state index contributed by atoms with van der Waals surface area (Å²) in [5.74, 6) is 2.43. The van der Waals surface area contributed by atoms with Crippen LogP contribution in [0.3, 0.4) is 0 Å². The van der Waals surface area contributed by atoms with Gasteiger partial charge < -0.3 is 14.4 Å². The number of benzene rings is 1. The molecule has 1 aromatic heterocycles. The van der Waals surface area contributed by atoms with E-state index < -0.39 is 0 Å². The van der Waals surface area contributed by atoms with E-state index in [2.05, 4.69) is 14.9 Å². The molecule has 5 nitrogen and oxygen atoms in total. The van der Waals surface area contributed by atoms with Crippen LogP contribution in [0.4, 0.5) is 5.95 Å². The molecule has 5 heteroatoms. The highest BCUT2D eigenvalue weighted by Gasteiger charge is 2.18. The van der Waals surface area contributed by atoms with Crippen LogP contribution >= 0.6 is 0 Å². The van der Waals surface area contributed by atoms with Crippen LogP contribution in [-0.2, 0) is 6.54 Å². The largest absolute Gasteiger partial charge is 0.497 e. The number of rotatable bonds is 2. The molecule has 0 bridgehead atoms. The molecule has 0 aliphatic carbocycles. The predicted molar refractivity (Wildman–Crippen MR) is 76.3 cm³/mol. The number of aromatic nitrogens is 2. The van der Waals surface area contributed by atoms with Crippen molar-refractivity contribution in [2.45, 2.75) is 13.5 Å². The Morgan fingerprint density at radius 1 is 1.30 bits per heavy atom. The van der Waals surface area contributed by atoms with Crippen LogP contribution in [0, 0.1) is 6.92 Å². The fourth-order valence-electron chi connectivity index (χ4n) is 2.24. The molecule has 104 valence electrons. The third-order valence-electron chi connectivity index (χ3n) is 3.32. The molecule has 3 rings (SSSR count). The summed E-state index contributed by atoms with van der Waals surface area (Å²) in [6.45, 7) is 4.08. The van der Waals surface area contributed by atoms with Crippen molar-refractivity contribution in [3.05, 3.63) is 41.7 Å². The minimum atomic E-state index is 0.609. The summed E-state index contributed by atoms with van der Waals surface area (Å²) < 4.78 is 11.0. The summed E-state index contributed by atoms with van der Waals surface area (Å²) in [5.41, 5.74) is 2.09. The number of hydrogen-bond acceptors (Lipinski definition) is 5. The number of fused-ring (bicyclic) bond motifs is 1. The Hall–Kier alpha value is -2.30. The highest BCUT2D eigenvalue weighted by Crippen LogP contribution is 2.28. The lowest BCUT2D eigenvalue weighted by Crippen LogP contribution is -2.27. The van der Waals surface area contributed by atoms with Gasteiger partial charge in [0.05, 0.1) is 13.7 Å². The molecule has 0 amide bonds. The van der Waals surface area contributed by atoms with Gasteiger partial charge in [-0.3, -0.25) is 0 Å². The van der Waals surface area contributed by atoms with E-state index >= 15 is 0 Å². The molecule has 2 heterocycles. The molecule has 1 aliphatic heterocycles. The van der Waals surface area contributed by atoms with Crippen LogP contribution in [0.1, 0.15) is 11.3 Å². The summed E-state index contributed by atoms with van der Waals surface area (Å²) in [6, 6.07) is 7.80. The molecule has 0 fully saturated rings. The SMILES string of the molecule is COc1ccc2c(c1)OCCN(c1nccc(C)n1)C2. The maximum atomic E-state index is 5.80. The second-order valence-electron chi connectivity index (χ2n) is 4.74. The zero-order valence-electron chi connectivity index (χ0n) is 11.7. The first-order valence-corrected chi connectivity index (χ1v) is 6.60. The first-order chi connectivity index (χ1) is 9.76. The molecule has 0 unspecified atom stereocenters. The molecule has 0 saturated carbocycles. The second-order valence-corrected chi connectivity index (χ2v) is 4.74. The molecule has 0 spiro atoms. The third-order valence-corrected chi connectivity index (χ3v) is 3.32. The van der Waals surface area contributed by atoms with Crippen molar-refractivity contribution in [2.75, 3.05) is 25.2 Å². The molecule has 0 radical (unpaired) electrons. The van der Waals surface area contributed by atoms with Crippen molar-refractivity contribution in [2.24, 2.45) is 0 Å². The molecule has 20 heavy (non-hydrogen) atoms. The summed E-state index contributed by atoms with van der Waals surface area (Å²) in [7, 11) is 1.66. The molecule has 1 aliphatic rings. The van der Waals surface area contributed by atoms with Crippen molar-refractivity contribution in [1.82, 2.24) is 9.97 Å². The van der Waals surface area contributed by atoms with Gasteiger partial charge >= 0.3 is 0 Å². The molecular weight excluding hydrogens is 254 g/mol. The van der Waals surface area contributed by atoms with Gasteiger partial charge in [0.1, 0.15) is 18.1 Å². The fourth-order valence-corrected chi connectivity index (χ4v) is 2.24. The van der Waals surface area contributed by atoms with Crippen molar-refractivity contribution in [1.29, 1.82) is 0 Å². The summed E-state index contributed by atoms with van der Waals surface area (Å²) in [4.78, 5) is 11.0. The molecular formula is C15H17N3O2. The summed E-state index contributed by atoms with van der Waals surface area (Å²) in [5, 5.41) is 0. The standard InChI is InChI=1S/C15H17N3O2/c1-11-5-6-16-15(17-11)18-7-8-20-14-9-13(19-2)4-3-12(14)10-18/h3-6,9H,7-8,10H2,1-2H3. The van der Waals surface area contributed by atoms with E-state index in [0.717, 1.165) is 41.8 Å². The van der Waals surface area contributed by atoms with Crippen LogP contribution in [0.2, 0.25) is 0 Å². The Morgan fingerprint density at radius 3 is 3.00 bits per heavy atom. The van der Waals surface area contributed by atoms with Crippen LogP contribution < -0.4 is 14.4 Å². The Bertz CT molecular complexity index is 616. The average Bonchev–Trinajstić information content (AvgIpc) is 2.68. The zero-order chi connectivity index (χ0) is 13.9. The molecule has 0 atom stereocenters. The Balaban J connectivity index is 1.89. The minimum absolute atomic E-state index is 0.609. The van der Waals surface area contributed by atoms with Gasteiger partial charge in [0.15, 0.2) is 0 Å². The van der Waals surface area contributed by atoms with E-state index in [1.807, 2.05) is 31.2 Å². The van der Waals surface area contributed by atoms with Crippen molar-refractivity contribution < 1.29 is 9.47 Å². The number of methoxy groups -OCH3 is 1. The van der Waals surface area contributed by atoms with E-state index in [0.29, 0.717) is 6.61 Å². The number of ether oxygens (including phenoxy) is 2. The molecule has 0 N–H and O–H groups in total. The van der Waals surface area contributed by atoms with Crippen LogP contribution in [0.25, 0.3) is 0 Å². The van der Waals surface area contributed by atoms with Gasteiger partial charge in [0.2, 0.25) is 5.95 Å². The van der Waals surface area contributed by atoms with Crippen molar-refractivity contribution >= 4 is 5.95 Å². The summed E-state index contributed by atoms with van der Waals surface area (Å²) >= 11 is 0. The van der Waals surface area contributed by atoms with Crippen molar-refractivity contribution in [3.63, 3.8) is 0 Å². The van der Waals surface area contributed by atoms with Gasteiger partial charge in [-0.15, -0.1) is 0 Å². The van der Waals surface area contributed by atoms with E-state index in [9.17, 15) is 0 Å². The van der Waals surface area contributed by atoms with E-state index in [4.69, 9.17) is 9.47 Å². The van der Waals surface area contributed by atoms with Crippen LogP contribution in [0.15, 0.2) is 30.5 Å². The quantitative estimate of drug-likeness (QED) is 0.838. The number of nitrogens with zero attached hydrogens (tertiary/aromatic N) is 3. The highest BCUT2D eigenvalue weighted by molar-refractivity contribution is 5.44. The van der Waals surface area contributed by atoms with Gasteiger partial charge in [-0.05, 0) is 25.1 Å². The Kier molecular flexibility index (Phi) is 3.41. The third kappa shape index (κ3) is 2.52. The summed E-state index contributed by atoms with van der Waals surface area (Å²) in [6.07, 6.45) is 1.79. The van der Waals surface area contributed by atoms with Gasteiger partial charge in [0.25, 0.3) is 0 Å². The van der Waals surface area contributed by atoms with Gasteiger partial charge in [-0.25, -0.2) is 9.97 Å². The highest BCUT2D eigenvalue weighted by atomic mass is 16.5. The lowest BCUT2D eigenvalue weighted by Gasteiger charge is -2.19. The van der Waals surface area contributed by atoms with E-state index in [-0.39, 0.29) is 0 Å².